The number of unbranched alkanes of at least 4 members (excludes halogenated alkanes) is 5. The van der Waals surface area contributed by atoms with Gasteiger partial charge in [-0.2, -0.15) is 0 Å². The Kier molecular flexibility index (Phi) is 5.54. The maximum Gasteiger partial charge on any atom is 0.000481 e. The fraction of sp³-hybridized carbons (Fsp3) is 1.00. The minimum absolute atomic E-state index is 0.736. The highest BCUT2D eigenvalue weighted by Gasteiger charge is 2.40. The summed E-state index contributed by atoms with van der Waals surface area (Å²) in [6, 6.07) is 0. The van der Waals surface area contributed by atoms with E-state index in [1.807, 2.05) is 0 Å². The molecular weight excluding hydrogens is 170 g/mol. The first-order valence-corrected chi connectivity index (χ1v) is 6.47. The molecule has 1 nitrogen and oxygen atoms in total. The van der Waals surface area contributed by atoms with E-state index < -0.39 is 0 Å². The van der Waals surface area contributed by atoms with Gasteiger partial charge in [0.15, 0.2) is 0 Å². The van der Waals surface area contributed by atoms with Crippen LogP contribution in [0.3, 0.4) is 0 Å². The maximum atomic E-state index is 3.33. The highest BCUT2D eigenvalue weighted by atomic mass is 14.8. The van der Waals surface area contributed by atoms with Crippen LogP contribution in [0.25, 0.3) is 0 Å². The van der Waals surface area contributed by atoms with Gasteiger partial charge in [-0.3, -0.25) is 0 Å². The first kappa shape index (κ1) is 12.0. The van der Waals surface area contributed by atoms with E-state index in [4.69, 9.17) is 0 Å². The van der Waals surface area contributed by atoms with E-state index in [9.17, 15) is 0 Å². The van der Waals surface area contributed by atoms with Crippen molar-refractivity contribution in [2.75, 3.05) is 13.6 Å². The van der Waals surface area contributed by atoms with Crippen LogP contribution in [0.15, 0.2) is 0 Å². The van der Waals surface area contributed by atoms with E-state index in [2.05, 4.69) is 19.3 Å². The minimum Gasteiger partial charge on any atom is -0.319 e. The molecule has 1 heteroatoms. The smallest absolute Gasteiger partial charge is 0.000481 e. The summed E-state index contributed by atoms with van der Waals surface area (Å²) in [5.41, 5.74) is 0.736. The standard InChI is InChI=1S/C13H27N/c1-3-4-5-6-7-8-9-13(10-11-13)12-14-2/h14H,3-12H2,1-2H3. The average Bonchev–Trinajstić information content (AvgIpc) is 2.93. The Morgan fingerprint density at radius 2 is 1.64 bits per heavy atom. The third-order valence-corrected chi connectivity index (χ3v) is 3.57. The fourth-order valence-electron chi connectivity index (χ4n) is 2.35. The molecule has 0 aromatic heterocycles. The van der Waals surface area contributed by atoms with Gasteiger partial charge in [0.05, 0.1) is 0 Å². The molecule has 0 heterocycles. The van der Waals surface area contributed by atoms with Crippen molar-refractivity contribution in [2.24, 2.45) is 5.41 Å². The maximum absolute atomic E-state index is 3.33. The van der Waals surface area contributed by atoms with Crippen LogP contribution in [0.1, 0.15) is 64.7 Å². The second kappa shape index (κ2) is 6.44. The van der Waals surface area contributed by atoms with E-state index in [0.29, 0.717) is 0 Å². The van der Waals surface area contributed by atoms with Gasteiger partial charge in [0, 0.05) is 6.54 Å². The van der Waals surface area contributed by atoms with Gasteiger partial charge >= 0.3 is 0 Å². The molecule has 1 rings (SSSR count). The van der Waals surface area contributed by atoms with Gasteiger partial charge < -0.3 is 5.32 Å². The lowest BCUT2D eigenvalue weighted by atomic mass is 9.97. The number of hydrogen-bond donors (Lipinski definition) is 1. The molecule has 84 valence electrons. The number of hydrogen-bond acceptors (Lipinski definition) is 1. The Bertz CT molecular complexity index is 138. The Labute approximate surface area is 89.7 Å². The lowest BCUT2D eigenvalue weighted by molar-refractivity contribution is 0.416. The molecule has 1 fully saturated rings. The van der Waals surface area contributed by atoms with Crippen LogP contribution in [0, 0.1) is 5.41 Å². The Balaban J connectivity index is 1.88. The molecule has 0 atom stereocenters. The normalized spacial score (nSPS) is 18.4. The monoisotopic (exact) mass is 197 g/mol. The van der Waals surface area contributed by atoms with Gasteiger partial charge in [0.25, 0.3) is 0 Å². The molecule has 0 aliphatic heterocycles. The van der Waals surface area contributed by atoms with Crippen molar-refractivity contribution >= 4 is 0 Å². The van der Waals surface area contributed by atoms with Crippen molar-refractivity contribution in [3.05, 3.63) is 0 Å². The van der Waals surface area contributed by atoms with E-state index in [-0.39, 0.29) is 0 Å². The third kappa shape index (κ3) is 4.45. The Morgan fingerprint density at radius 3 is 2.21 bits per heavy atom. The molecule has 1 aliphatic rings. The molecule has 0 aromatic rings. The highest BCUT2D eigenvalue weighted by Crippen LogP contribution is 2.49. The van der Waals surface area contributed by atoms with Gasteiger partial charge in [-0.05, 0) is 31.7 Å². The molecule has 1 N–H and O–H groups in total. The van der Waals surface area contributed by atoms with Gasteiger partial charge in [-0.1, -0.05) is 45.4 Å². The second-order valence-electron chi connectivity index (χ2n) is 5.05. The van der Waals surface area contributed by atoms with Gasteiger partial charge in [-0.25, -0.2) is 0 Å². The largest absolute Gasteiger partial charge is 0.319 e. The summed E-state index contributed by atoms with van der Waals surface area (Å²) >= 11 is 0. The van der Waals surface area contributed by atoms with E-state index >= 15 is 0 Å². The molecule has 14 heavy (non-hydrogen) atoms. The van der Waals surface area contributed by atoms with Crippen molar-refractivity contribution in [3.63, 3.8) is 0 Å². The van der Waals surface area contributed by atoms with Crippen LogP contribution in [0.5, 0.6) is 0 Å². The molecular formula is C13H27N. The highest BCUT2D eigenvalue weighted by molar-refractivity contribution is 4.94. The van der Waals surface area contributed by atoms with Crippen molar-refractivity contribution in [1.82, 2.24) is 5.32 Å². The van der Waals surface area contributed by atoms with Gasteiger partial charge in [0.1, 0.15) is 0 Å². The van der Waals surface area contributed by atoms with Gasteiger partial charge in [0.2, 0.25) is 0 Å². The number of rotatable bonds is 9. The van der Waals surface area contributed by atoms with Crippen molar-refractivity contribution < 1.29 is 0 Å². The van der Waals surface area contributed by atoms with Crippen LogP contribution >= 0.6 is 0 Å². The molecule has 0 aromatic carbocycles. The molecule has 0 radical (unpaired) electrons. The summed E-state index contributed by atoms with van der Waals surface area (Å²) in [7, 11) is 2.08. The average molecular weight is 197 g/mol. The molecule has 0 amide bonds. The van der Waals surface area contributed by atoms with Crippen molar-refractivity contribution in [1.29, 1.82) is 0 Å². The minimum atomic E-state index is 0.736. The van der Waals surface area contributed by atoms with Crippen LogP contribution in [-0.2, 0) is 0 Å². The lowest BCUT2D eigenvalue weighted by Crippen LogP contribution is -2.19. The van der Waals surface area contributed by atoms with Crippen LogP contribution in [0.4, 0.5) is 0 Å². The molecule has 1 saturated carbocycles. The van der Waals surface area contributed by atoms with Gasteiger partial charge in [-0.15, -0.1) is 0 Å². The van der Waals surface area contributed by atoms with E-state index in [0.717, 1.165) is 5.41 Å². The van der Waals surface area contributed by atoms with Crippen LogP contribution < -0.4 is 5.32 Å². The summed E-state index contributed by atoms with van der Waals surface area (Å²) in [5, 5.41) is 3.33. The fourth-order valence-corrected chi connectivity index (χ4v) is 2.35. The molecule has 0 bridgehead atoms. The quantitative estimate of drug-likeness (QED) is 0.555. The Hall–Kier alpha value is -0.0400. The topological polar surface area (TPSA) is 12.0 Å². The molecule has 0 unspecified atom stereocenters. The third-order valence-electron chi connectivity index (χ3n) is 3.57. The molecule has 1 aliphatic carbocycles. The summed E-state index contributed by atoms with van der Waals surface area (Å²) in [4.78, 5) is 0. The number of nitrogens with one attached hydrogen (secondary N) is 1. The van der Waals surface area contributed by atoms with Crippen LogP contribution in [-0.4, -0.2) is 13.6 Å². The summed E-state index contributed by atoms with van der Waals surface area (Å²) in [6.45, 7) is 3.54. The first-order chi connectivity index (χ1) is 6.83. The zero-order valence-corrected chi connectivity index (χ0v) is 10.1. The van der Waals surface area contributed by atoms with E-state index in [1.165, 1.54) is 64.3 Å². The van der Waals surface area contributed by atoms with Crippen molar-refractivity contribution in [3.8, 4) is 0 Å². The summed E-state index contributed by atoms with van der Waals surface area (Å²) in [5.74, 6) is 0. The SMILES string of the molecule is CCCCCCCCC1(CNC)CC1. The summed E-state index contributed by atoms with van der Waals surface area (Å²) in [6.07, 6.45) is 13.1. The second-order valence-corrected chi connectivity index (χ2v) is 5.05. The van der Waals surface area contributed by atoms with Crippen LogP contribution in [0.2, 0.25) is 0 Å². The summed E-state index contributed by atoms with van der Waals surface area (Å²) < 4.78 is 0. The lowest BCUT2D eigenvalue weighted by Gasteiger charge is -2.13. The molecule has 0 saturated heterocycles. The molecule has 0 spiro atoms. The van der Waals surface area contributed by atoms with Crippen molar-refractivity contribution in [2.45, 2.75) is 64.7 Å². The Morgan fingerprint density at radius 1 is 1.00 bits per heavy atom. The zero-order chi connectivity index (χ0) is 10.3. The predicted octanol–water partition coefficient (Wildman–Crippen LogP) is 3.74. The zero-order valence-electron chi connectivity index (χ0n) is 10.1. The predicted molar refractivity (Wildman–Crippen MR) is 63.6 cm³/mol. The first-order valence-electron chi connectivity index (χ1n) is 6.47. The van der Waals surface area contributed by atoms with E-state index in [1.54, 1.807) is 0 Å².